The second-order valence-corrected chi connectivity index (χ2v) is 6.46. The summed E-state index contributed by atoms with van der Waals surface area (Å²) in [6, 6.07) is 5.69. The van der Waals surface area contributed by atoms with E-state index >= 15 is 0 Å². The van der Waals surface area contributed by atoms with Crippen molar-refractivity contribution in [2.75, 3.05) is 6.54 Å². The minimum atomic E-state index is -0.268. The Morgan fingerprint density at radius 3 is 3.05 bits per heavy atom. The molecule has 1 aliphatic carbocycles. The predicted octanol–water partition coefficient (Wildman–Crippen LogP) is 2.02. The van der Waals surface area contributed by atoms with Gasteiger partial charge in [-0.1, -0.05) is 12.5 Å². The Bertz CT molecular complexity index is 629. The monoisotopic (exact) mass is 317 g/mol. The summed E-state index contributed by atoms with van der Waals surface area (Å²) in [5, 5.41) is 15.4. The SMILES string of the molecule is O=C(Cc1csc(-c2ccccn2)n1)NCC1CCCC1O. The van der Waals surface area contributed by atoms with Crippen molar-refractivity contribution in [3.8, 4) is 10.7 Å². The maximum absolute atomic E-state index is 12.0. The van der Waals surface area contributed by atoms with E-state index in [9.17, 15) is 9.90 Å². The largest absolute Gasteiger partial charge is 0.393 e. The van der Waals surface area contributed by atoms with Crippen LogP contribution in [0.3, 0.4) is 0 Å². The van der Waals surface area contributed by atoms with E-state index in [4.69, 9.17) is 0 Å². The van der Waals surface area contributed by atoms with Gasteiger partial charge in [0.15, 0.2) is 0 Å². The van der Waals surface area contributed by atoms with Gasteiger partial charge in [-0.25, -0.2) is 4.98 Å². The molecule has 2 N–H and O–H groups in total. The molecule has 0 spiro atoms. The van der Waals surface area contributed by atoms with E-state index in [0.717, 1.165) is 35.7 Å². The molecule has 0 aliphatic heterocycles. The smallest absolute Gasteiger partial charge is 0.226 e. The third kappa shape index (κ3) is 3.69. The highest BCUT2D eigenvalue weighted by Crippen LogP contribution is 2.25. The number of hydrogen-bond acceptors (Lipinski definition) is 5. The van der Waals surface area contributed by atoms with Crippen molar-refractivity contribution in [1.29, 1.82) is 0 Å². The number of pyridine rings is 1. The van der Waals surface area contributed by atoms with Gasteiger partial charge in [-0.05, 0) is 25.0 Å². The van der Waals surface area contributed by atoms with Crippen LogP contribution >= 0.6 is 11.3 Å². The van der Waals surface area contributed by atoms with Crippen LogP contribution in [0.15, 0.2) is 29.8 Å². The summed E-state index contributed by atoms with van der Waals surface area (Å²) in [5.74, 6) is 0.153. The van der Waals surface area contributed by atoms with E-state index in [1.54, 1.807) is 6.20 Å². The highest BCUT2D eigenvalue weighted by molar-refractivity contribution is 7.13. The van der Waals surface area contributed by atoms with Gasteiger partial charge in [0.05, 0.1) is 23.9 Å². The number of thiazole rings is 1. The van der Waals surface area contributed by atoms with Gasteiger partial charge in [-0.2, -0.15) is 0 Å². The van der Waals surface area contributed by atoms with Crippen LogP contribution in [0.2, 0.25) is 0 Å². The fourth-order valence-corrected chi connectivity index (χ4v) is 3.52. The molecule has 2 unspecified atom stereocenters. The number of carbonyl (C=O) groups excluding carboxylic acids is 1. The van der Waals surface area contributed by atoms with Crippen LogP contribution in [-0.4, -0.2) is 33.6 Å². The van der Waals surface area contributed by atoms with Crippen LogP contribution < -0.4 is 5.32 Å². The minimum Gasteiger partial charge on any atom is -0.393 e. The molecule has 116 valence electrons. The predicted molar refractivity (Wildman–Crippen MR) is 85.4 cm³/mol. The third-order valence-electron chi connectivity index (χ3n) is 3.96. The van der Waals surface area contributed by atoms with Crippen molar-refractivity contribution in [2.24, 2.45) is 5.92 Å². The maximum atomic E-state index is 12.0. The van der Waals surface area contributed by atoms with Crippen LogP contribution in [0.5, 0.6) is 0 Å². The molecule has 2 heterocycles. The molecule has 2 aromatic rings. The zero-order valence-electron chi connectivity index (χ0n) is 12.2. The number of aliphatic hydroxyl groups is 1. The molecule has 3 rings (SSSR count). The van der Waals surface area contributed by atoms with E-state index < -0.39 is 0 Å². The molecule has 2 atom stereocenters. The molecule has 22 heavy (non-hydrogen) atoms. The lowest BCUT2D eigenvalue weighted by molar-refractivity contribution is -0.120. The van der Waals surface area contributed by atoms with Gasteiger partial charge >= 0.3 is 0 Å². The van der Waals surface area contributed by atoms with Crippen molar-refractivity contribution in [3.63, 3.8) is 0 Å². The van der Waals surface area contributed by atoms with Gasteiger partial charge in [-0.15, -0.1) is 11.3 Å². The number of nitrogens with zero attached hydrogens (tertiary/aromatic N) is 2. The van der Waals surface area contributed by atoms with E-state index in [2.05, 4.69) is 15.3 Å². The van der Waals surface area contributed by atoms with Gasteiger partial charge in [0.1, 0.15) is 5.01 Å². The highest BCUT2D eigenvalue weighted by Gasteiger charge is 2.25. The Labute approximate surface area is 133 Å². The van der Waals surface area contributed by atoms with E-state index in [1.807, 2.05) is 23.6 Å². The van der Waals surface area contributed by atoms with Gasteiger partial charge in [-0.3, -0.25) is 9.78 Å². The van der Waals surface area contributed by atoms with Crippen LogP contribution in [0.4, 0.5) is 0 Å². The minimum absolute atomic E-state index is 0.0445. The summed E-state index contributed by atoms with van der Waals surface area (Å²) in [4.78, 5) is 20.7. The van der Waals surface area contributed by atoms with Gasteiger partial charge in [0, 0.05) is 24.0 Å². The lowest BCUT2D eigenvalue weighted by Crippen LogP contribution is -2.33. The molecule has 0 radical (unpaired) electrons. The first kappa shape index (κ1) is 15.1. The fourth-order valence-electron chi connectivity index (χ4n) is 2.72. The highest BCUT2D eigenvalue weighted by atomic mass is 32.1. The van der Waals surface area contributed by atoms with Crippen molar-refractivity contribution in [2.45, 2.75) is 31.8 Å². The Hall–Kier alpha value is -1.79. The molecule has 1 amide bonds. The van der Waals surface area contributed by atoms with Gasteiger partial charge < -0.3 is 10.4 Å². The van der Waals surface area contributed by atoms with Crippen LogP contribution in [0, 0.1) is 5.92 Å². The standard InChI is InChI=1S/C16H19N3O2S/c20-14-6-3-4-11(14)9-18-15(21)8-12-10-22-16(19-12)13-5-1-2-7-17-13/h1-2,5,7,10-11,14,20H,3-4,6,8-9H2,(H,18,21). The molecule has 1 fully saturated rings. The summed E-state index contributed by atoms with van der Waals surface area (Å²) < 4.78 is 0. The Morgan fingerprint density at radius 2 is 2.32 bits per heavy atom. The summed E-state index contributed by atoms with van der Waals surface area (Å²) in [6.07, 6.45) is 4.61. The zero-order chi connectivity index (χ0) is 15.4. The average Bonchev–Trinajstić information content (AvgIpc) is 3.15. The first-order chi connectivity index (χ1) is 10.7. The molecule has 0 bridgehead atoms. The van der Waals surface area contributed by atoms with Crippen molar-refractivity contribution in [3.05, 3.63) is 35.5 Å². The molecular weight excluding hydrogens is 298 g/mol. The summed E-state index contributed by atoms with van der Waals surface area (Å²) in [7, 11) is 0. The summed E-state index contributed by atoms with van der Waals surface area (Å²) >= 11 is 1.49. The molecule has 0 aromatic carbocycles. The lowest BCUT2D eigenvalue weighted by Gasteiger charge is -2.14. The molecule has 0 saturated heterocycles. The van der Waals surface area contributed by atoms with Gasteiger partial charge in [0.2, 0.25) is 5.91 Å². The molecule has 1 aliphatic rings. The molecule has 2 aromatic heterocycles. The number of hydrogen-bond donors (Lipinski definition) is 2. The number of aromatic nitrogens is 2. The Balaban J connectivity index is 1.53. The van der Waals surface area contributed by atoms with Crippen LogP contribution in [-0.2, 0) is 11.2 Å². The van der Waals surface area contributed by atoms with E-state index in [-0.39, 0.29) is 24.3 Å². The second-order valence-electron chi connectivity index (χ2n) is 5.60. The maximum Gasteiger partial charge on any atom is 0.226 e. The first-order valence-corrected chi connectivity index (χ1v) is 8.41. The lowest BCUT2D eigenvalue weighted by atomic mass is 10.1. The quantitative estimate of drug-likeness (QED) is 0.885. The number of amides is 1. The summed E-state index contributed by atoms with van der Waals surface area (Å²) in [6.45, 7) is 0.553. The number of rotatable bonds is 5. The third-order valence-corrected chi connectivity index (χ3v) is 4.87. The number of carbonyl (C=O) groups is 1. The Kier molecular flexibility index (Phi) is 4.80. The van der Waals surface area contributed by atoms with Gasteiger partial charge in [0.25, 0.3) is 0 Å². The van der Waals surface area contributed by atoms with Crippen molar-refractivity contribution in [1.82, 2.24) is 15.3 Å². The first-order valence-electron chi connectivity index (χ1n) is 7.53. The van der Waals surface area contributed by atoms with Crippen LogP contribution in [0.1, 0.15) is 25.0 Å². The van der Waals surface area contributed by atoms with E-state index in [0.29, 0.717) is 6.54 Å². The molecule has 5 nitrogen and oxygen atoms in total. The van der Waals surface area contributed by atoms with Crippen LogP contribution in [0.25, 0.3) is 10.7 Å². The fraction of sp³-hybridized carbons (Fsp3) is 0.438. The van der Waals surface area contributed by atoms with E-state index in [1.165, 1.54) is 11.3 Å². The second kappa shape index (κ2) is 6.98. The summed E-state index contributed by atoms with van der Waals surface area (Å²) in [5.41, 5.74) is 1.59. The number of nitrogens with one attached hydrogen (secondary N) is 1. The molecule has 1 saturated carbocycles. The topological polar surface area (TPSA) is 75.1 Å². The molecular formula is C16H19N3O2S. The van der Waals surface area contributed by atoms with Crippen molar-refractivity contribution < 1.29 is 9.90 Å². The normalized spacial score (nSPS) is 21.0. The van der Waals surface area contributed by atoms with Crippen molar-refractivity contribution >= 4 is 17.2 Å². The number of aliphatic hydroxyl groups excluding tert-OH is 1. The average molecular weight is 317 g/mol. The zero-order valence-corrected chi connectivity index (χ0v) is 13.1. The Morgan fingerprint density at radius 1 is 1.41 bits per heavy atom. The molecule has 6 heteroatoms.